The molecular formula is C13H20N2O3S. The van der Waals surface area contributed by atoms with Crippen LogP contribution in [-0.2, 0) is 10.0 Å². The average Bonchev–Trinajstić information content (AvgIpc) is 2.44. The lowest BCUT2D eigenvalue weighted by Gasteiger charge is -2.18. The summed E-state index contributed by atoms with van der Waals surface area (Å²) in [4.78, 5) is 11.7. The topological polar surface area (TPSA) is 66.5 Å². The Hall–Kier alpha value is -1.56. The second-order valence-corrected chi connectivity index (χ2v) is 6.46. The van der Waals surface area contributed by atoms with Crippen LogP contribution in [0.1, 0.15) is 30.6 Å². The largest absolute Gasteiger partial charge is 0.352 e. The molecule has 0 bridgehead atoms. The molecule has 1 aromatic rings. The molecule has 0 unspecified atom stereocenters. The quantitative estimate of drug-likeness (QED) is 0.863. The lowest BCUT2D eigenvalue weighted by molar-refractivity contribution is 0.0953. The van der Waals surface area contributed by atoms with Gasteiger partial charge in [0, 0.05) is 19.2 Å². The molecule has 0 aliphatic rings. The number of amides is 1. The van der Waals surface area contributed by atoms with Crippen molar-refractivity contribution >= 4 is 21.6 Å². The number of hydrogen-bond acceptors (Lipinski definition) is 3. The third-order valence-electron chi connectivity index (χ3n) is 2.81. The van der Waals surface area contributed by atoms with E-state index >= 15 is 0 Å². The first-order valence-corrected chi connectivity index (χ1v) is 7.88. The van der Waals surface area contributed by atoms with Gasteiger partial charge in [0.05, 0.1) is 11.4 Å². The Morgan fingerprint density at radius 2 is 1.79 bits per heavy atom. The van der Waals surface area contributed by atoms with E-state index in [0.717, 1.165) is 6.42 Å². The van der Waals surface area contributed by atoms with Crippen molar-refractivity contribution in [2.24, 2.45) is 0 Å². The van der Waals surface area contributed by atoms with Crippen LogP contribution in [0.15, 0.2) is 24.3 Å². The second-order valence-electron chi connectivity index (χ2n) is 4.17. The minimum Gasteiger partial charge on any atom is -0.352 e. The van der Waals surface area contributed by atoms with E-state index in [1.807, 2.05) is 6.92 Å². The summed E-state index contributed by atoms with van der Waals surface area (Å²) < 4.78 is 24.6. The number of sulfonamides is 1. The van der Waals surface area contributed by atoms with Crippen LogP contribution < -0.4 is 9.62 Å². The van der Waals surface area contributed by atoms with Gasteiger partial charge in [-0.3, -0.25) is 9.10 Å². The minimum absolute atomic E-state index is 0.0439. The van der Waals surface area contributed by atoms with E-state index in [9.17, 15) is 13.2 Å². The van der Waals surface area contributed by atoms with Crippen molar-refractivity contribution < 1.29 is 13.2 Å². The molecule has 19 heavy (non-hydrogen) atoms. The fraction of sp³-hybridized carbons (Fsp3) is 0.462. The zero-order valence-corrected chi connectivity index (χ0v) is 12.3. The van der Waals surface area contributed by atoms with Gasteiger partial charge in [-0.2, -0.15) is 0 Å². The van der Waals surface area contributed by atoms with E-state index in [4.69, 9.17) is 0 Å². The molecule has 1 N–H and O–H groups in total. The number of carbonyl (C=O) groups excluding carboxylic acids is 1. The molecule has 0 heterocycles. The first kappa shape index (κ1) is 15.5. The van der Waals surface area contributed by atoms with Gasteiger partial charge in [0.1, 0.15) is 0 Å². The van der Waals surface area contributed by atoms with E-state index in [2.05, 4.69) is 5.32 Å². The first-order chi connectivity index (χ1) is 8.92. The second kappa shape index (κ2) is 6.56. The van der Waals surface area contributed by atoms with E-state index < -0.39 is 10.0 Å². The number of nitrogens with one attached hydrogen (secondary N) is 1. The number of rotatable bonds is 6. The summed E-state index contributed by atoms with van der Waals surface area (Å²) in [5.41, 5.74) is 1.08. The first-order valence-electron chi connectivity index (χ1n) is 6.27. The monoisotopic (exact) mass is 284 g/mol. The highest BCUT2D eigenvalue weighted by Crippen LogP contribution is 2.17. The van der Waals surface area contributed by atoms with Crippen LogP contribution >= 0.6 is 0 Å². The molecule has 0 atom stereocenters. The van der Waals surface area contributed by atoms with Crippen LogP contribution in [0, 0.1) is 0 Å². The van der Waals surface area contributed by atoms with E-state index in [-0.39, 0.29) is 11.7 Å². The van der Waals surface area contributed by atoms with E-state index in [0.29, 0.717) is 17.8 Å². The Bertz CT molecular complexity index is 523. The van der Waals surface area contributed by atoms with Crippen molar-refractivity contribution in [1.82, 2.24) is 5.32 Å². The summed E-state index contributed by atoms with van der Waals surface area (Å²) in [6.07, 6.45) is 0.876. The smallest absolute Gasteiger partial charge is 0.251 e. The lowest BCUT2D eigenvalue weighted by atomic mass is 10.2. The summed E-state index contributed by atoms with van der Waals surface area (Å²) in [5.74, 6) is -0.100. The fourth-order valence-corrected chi connectivity index (χ4v) is 2.35. The Morgan fingerprint density at radius 3 is 2.26 bits per heavy atom. The van der Waals surface area contributed by atoms with Gasteiger partial charge in [0.2, 0.25) is 10.0 Å². The maximum absolute atomic E-state index is 11.7. The summed E-state index contributed by atoms with van der Waals surface area (Å²) >= 11 is 0. The molecule has 0 saturated carbocycles. The van der Waals surface area contributed by atoms with Gasteiger partial charge in [0.25, 0.3) is 5.91 Å². The number of benzene rings is 1. The zero-order valence-electron chi connectivity index (χ0n) is 11.5. The van der Waals surface area contributed by atoms with Crippen molar-refractivity contribution in [2.45, 2.75) is 20.3 Å². The van der Waals surface area contributed by atoms with E-state index in [1.54, 1.807) is 31.2 Å². The van der Waals surface area contributed by atoms with Crippen LogP contribution in [-0.4, -0.2) is 33.7 Å². The maximum Gasteiger partial charge on any atom is 0.251 e. The average molecular weight is 284 g/mol. The molecule has 0 radical (unpaired) electrons. The van der Waals surface area contributed by atoms with Crippen LogP contribution in [0.25, 0.3) is 0 Å². The van der Waals surface area contributed by atoms with Gasteiger partial charge in [-0.25, -0.2) is 8.42 Å². The molecule has 0 saturated heterocycles. The van der Waals surface area contributed by atoms with Gasteiger partial charge >= 0.3 is 0 Å². The third-order valence-corrected chi connectivity index (χ3v) is 4.59. The van der Waals surface area contributed by atoms with Crippen molar-refractivity contribution in [3.63, 3.8) is 0 Å². The SMILES string of the molecule is CCCNC(=O)c1ccc(N(C)S(=O)(=O)CC)cc1. The predicted molar refractivity (Wildman–Crippen MR) is 76.9 cm³/mol. The molecule has 0 aliphatic heterocycles. The molecule has 0 spiro atoms. The number of anilines is 1. The fourth-order valence-electron chi connectivity index (χ4n) is 1.52. The van der Waals surface area contributed by atoms with Crippen molar-refractivity contribution in [3.8, 4) is 0 Å². The number of hydrogen-bond donors (Lipinski definition) is 1. The predicted octanol–water partition coefficient (Wildman–Crippen LogP) is 1.61. The highest BCUT2D eigenvalue weighted by Gasteiger charge is 2.15. The number of nitrogens with zero attached hydrogens (tertiary/aromatic N) is 1. The molecule has 0 aromatic heterocycles. The summed E-state index contributed by atoms with van der Waals surface area (Å²) in [5, 5.41) is 2.77. The molecule has 0 fully saturated rings. The van der Waals surface area contributed by atoms with Crippen molar-refractivity contribution in [1.29, 1.82) is 0 Å². The third kappa shape index (κ3) is 3.96. The summed E-state index contributed by atoms with van der Waals surface area (Å²) in [6, 6.07) is 6.52. The molecule has 0 aliphatic carbocycles. The Labute approximate surface area is 114 Å². The molecule has 106 valence electrons. The van der Waals surface area contributed by atoms with Gasteiger partial charge in [-0.05, 0) is 37.6 Å². The molecule has 1 rings (SSSR count). The highest BCUT2D eigenvalue weighted by molar-refractivity contribution is 7.92. The molecular weight excluding hydrogens is 264 g/mol. The zero-order chi connectivity index (χ0) is 14.5. The van der Waals surface area contributed by atoms with Gasteiger partial charge < -0.3 is 5.32 Å². The van der Waals surface area contributed by atoms with Crippen LogP contribution in [0.5, 0.6) is 0 Å². The van der Waals surface area contributed by atoms with Gasteiger partial charge in [-0.15, -0.1) is 0 Å². The highest BCUT2D eigenvalue weighted by atomic mass is 32.2. The maximum atomic E-state index is 11.7. The Kier molecular flexibility index (Phi) is 5.35. The van der Waals surface area contributed by atoms with Crippen molar-refractivity contribution in [2.75, 3.05) is 23.7 Å². The van der Waals surface area contributed by atoms with Crippen LogP contribution in [0.3, 0.4) is 0 Å². The summed E-state index contributed by atoms with van der Waals surface area (Å²) in [7, 11) is -1.76. The van der Waals surface area contributed by atoms with Gasteiger partial charge in [-0.1, -0.05) is 6.92 Å². The Morgan fingerprint density at radius 1 is 1.21 bits per heavy atom. The Balaban J connectivity index is 2.85. The minimum atomic E-state index is -3.27. The summed E-state index contributed by atoms with van der Waals surface area (Å²) in [6.45, 7) is 4.21. The van der Waals surface area contributed by atoms with Gasteiger partial charge in [0.15, 0.2) is 0 Å². The van der Waals surface area contributed by atoms with E-state index in [1.165, 1.54) is 11.4 Å². The number of carbonyl (C=O) groups is 1. The molecule has 6 heteroatoms. The van der Waals surface area contributed by atoms with Crippen LogP contribution in [0.4, 0.5) is 5.69 Å². The van der Waals surface area contributed by atoms with Crippen molar-refractivity contribution in [3.05, 3.63) is 29.8 Å². The molecule has 5 nitrogen and oxygen atoms in total. The van der Waals surface area contributed by atoms with Crippen LogP contribution in [0.2, 0.25) is 0 Å². The standard InChI is InChI=1S/C13H20N2O3S/c1-4-10-14-13(16)11-6-8-12(9-7-11)15(3)19(17,18)5-2/h6-9H,4-5,10H2,1-3H3,(H,14,16). The lowest BCUT2D eigenvalue weighted by Crippen LogP contribution is -2.28. The molecule has 1 amide bonds. The normalized spacial score (nSPS) is 11.1. The molecule has 1 aromatic carbocycles.